The average Bonchev–Trinajstić information content (AvgIpc) is 3.22. The van der Waals surface area contributed by atoms with Crippen molar-refractivity contribution in [3.8, 4) is 11.5 Å². The molecule has 0 fully saturated rings. The molecule has 0 atom stereocenters. The third-order valence-electron chi connectivity index (χ3n) is 4.68. The van der Waals surface area contributed by atoms with Gasteiger partial charge in [-0.05, 0) is 61.9 Å². The molecule has 182 valence electrons. The highest BCUT2D eigenvalue weighted by Crippen LogP contribution is 2.30. The first-order chi connectivity index (χ1) is 16.8. The third-order valence-corrected chi connectivity index (χ3v) is 4.68. The van der Waals surface area contributed by atoms with Crippen LogP contribution >= 0.6 is 0 Å². The highest BCUT2D eigenvalue weighted by molar-refractivity contribution is 5.93. The highest BCUT2D eigenvalue weighted by atomic mass is 16.6. The molecule has 1 heterocycles. The van der Waals surface area contributed by atoms with Crippen molar-refractivity contribution in [3.05, 3.63) is 75.2 Å². The van der Waals surface area contributed by atoms with Crippen molar-refractivity contribution >= 4 is 35.4 Å². The summed E-state index contributed by atoms with van der Waals surface area (Å²) in [5.74, 6) is -0.103. The SMILES string of the molecule is CCOc1cc(/C=C/c2onc(C)c2[N+](=O)[O-])ccc1OCC(=O)Nc1ccc(C(=O)OC)cc1. The molecule has 0 saturated carbocycles. The lowest BCUT2D eigenvalue weighted by Gasteiger charge is -2.13. The van der Waals surface area contributed by atoms with Crippen LogP contribution in [0.1, 0.15) is 34.3 Å². The van der Waals surface area contributed by atoms with Crippen molar-refractivity contribution < 1.29 is 33.2 Å². The second-order valence-electron chi connectivity index (χ2n) is 7.12. The van der Waals surface area contributed by atoms with Crippen molar-refractivity contribution in [1.82, 2.24) is 5.16 Å². The summed E-state index contributed by atoms with van der Waals surface area (Å²) in [5.41, 5.74) is 1.52. The fraction of sp³-hybridized carbons (Fsp3) is 0.208. The molecule has 0 aliphatic heterocycles. The minimum atomic E-state index is -0.549. The smallest absolute Gasteiger partial charge is 0.338 e. The molecule has 3 aromatic rings. The number of methoxy groups -OCH3 is 1. The quantitative estimate of drug-likeness (QED) is 0.255. The van der Waals surface area contributed by atoms with Crippen molar-refractivity contribution in [2.45, 2.75) is 13.8 Å². The zero-order chi connectivity index (χ0) is 25.4. The maximum Gasteiger partial charge on any atom is 0.338 e. The molecule has 11 nitrogen and oxygen atoms in total. The number of hydrogen-bond acceptors (Lipinski definition) is 9. The molecular formula is C24H23N3O8. The lowest BCUT2D eigenvalue weighted by molar-refractivity contribution is -0.386. The molecule has 0 bridgehead atoms. The molecule has 1 N–H and O–H groups in total. The second-order valence-corrected chi connectivity index (χ2v) is 7.12. The van der Waals surface area contributed by atoms with Gasteiger partial charge in [-0.15, -0.1) is 0 Å². The Morgan fingerprint density at radius 1 is 1.11 bits per heavy atom. The second kappa shape index (κ2) is 11.5. The third kappa shape index (κ3) is 6.44. The molecule has 0 aliphatic rings. The maximum atomic E-state index is 12.3. The molecule has 2 aromatic carbocycles. The van der Waals surface area contributed by atoms with Crippen LogP contribution in [0, 0.1) is 17.0 Å². The van der Waals surface area contributed by atoms with Gasteiger partial charge >= 0.3 is 11.7 Å². The van der Waals surface area contributed by atoms with Gasteiger partial charge in [0.05, 0.1) is 24.2 Å². The van der Waals surface area contributed by atoms with E-state index in [1.165, 1.54) is 32.2 Å². The van der Waals surface area contributed by atoms with E-state index in [-0.39, 0.29) is 23.7 Å². The lowest BCUT2D eigenvalue weighted by atomic mass is 10.1. The van der Waals surface area contributed by atoms with Crippen LogP contribution in [0.5, 0.6) is 11.5 Å². The fourth-order valence-corrected chi connectivity index (χ4v) is 3.05. The van der Waals surface area contributed by atoms with Crippen LogP contribution in [0.25, 0.3) is 12.2 Å². The average molecular weight is 481 g/mol. The molecule has 0 radical (unpaired) electrons. The molecular weight excluding hydrogens is 458 g/mol. The largest absolute Gasteiger partial charge is 0.490 e. The Kier molecular flexibility index (Phi) is 8.17. The number of ether oxygens (including phenoxy) is 3. The summed E-state index contributed by atoms with van der Waals surface area (Å²) >= 11 is 0. The highest BCUT2D eigenvalue weighted by Gasteiger charge is 2.22. The number of esters is 1. The summed E-state index contributed by atoms with van der Waals surface area (Å²) < 4.78 is 20.9. The maximum absolute atomic E-state index is 12.3. The first-order valence-corrected chi connectivity index (χ1v) is 10.5. The van der Waals surface area contributed by atoms with Crippen LogP contribution in [0.3, 0.4) is 0 Å². The number of aryl methyl sites for hydroxylation is 1. The van der Waals surface area contributed by atoms with Crippen LogP contribution in [0.4, 0.5) is 11.4 Å². The molecule has 1 aromatic heterocycles. The van der Waals surface area contributed by atoms with Crippen molar-refractivity contribution in [2.75, 3.05) is 25.6 Å². The Hall–Kier alpha value is -4.67. The number of aromatic nitrogens is 1. The molecule has 11 heteroatoms. The number of carbonyl (C=O) groups is 2. The van der Waals surface area contributed by atoms with E-state index in [1.54, 1.807) is 43.3 Å². The fourth-order valence-electron chi connectivity index (χ4n) is 3.05. The van der Waals surface area contributed by atoms with Gasteiger partial charge in [0.25, 0.3) is 5.91 Å². The zero-order valence-electron chi connectivity index (χ0n) is 19.3. The number of amides is 1. The monoisotopic (exact) mass is 481 g/mol. The van der Waals surface area contributed by atoms with Crippen LogP contribution in [0.2, 0.25) is 0 Å². The zero-order valence-corrected chi connectivity index (χ0v) is 19.3. The Balaban J connectivity index is 1.66. The van der Waals surface area contributed by atoms with E-state index in [0.29, 0.717) is 34.9 Å². The Morgan fingerprint density at radius 2 is 1.86 bits per heavy atom. The molecule has 0 spiro atoms. The van der Waals surface area contributed by atoms with E-state index in [0.717, 1.165) is 0 Å². The normalized spacial score (nSPS) is 10.7. The summed E-state index contributed by atoms with van der Waals surface area (Å²) in [5, 5.41) is 17.5. The van der Waals surface area contributed by atoms with Gasteiger partial charge in [0.2, 0.25) is 5.76 Å². The summed E-state index contributed by atoms with van der Waals surface area (Å²) in [6.45, 7) is 3.37. The van der Waals surface area contributed by atoms with E-state index in [1.807, 2.05) is 0 Å². The van der Waals surface area contributed by atoms with Gasteiger partial charge in [0.15, 0.2) is 23.8 Å². The van der Waals surface area contributed by atoms with Crippen molar-refractivity contribution in [1.29, 1.82) is 0 Å². The van der Waals surface area contributed by atoms with Crippen LogP contribution in [0.15, 0.2) is 47.0 Å². The Bertz CT molecular complexity index is 1250. The summed E-state index contributed by atoms with van der Waals surface area (Å²) in [4.78, 5) is 34.4. The minimum absolute atomic E-state index is 0.0297. The van der Waals surface area contributed by atoms with Gasteiger partial charge in [-0.3, -0.25) is 14.9 Å². The van der Waals surface area contributed by atoms with Crippen molar-refractivity contribution in [2.24, 2.45) is 0 Å². The first-order valence-electron chi connectivity index (χ1n) is 10.5. The summed E-state index contributed by atoms with van der Waals surface area (Å²) in [6, 6.07) is 11.2. The number of anilines is 1. The summed E-state index contributed by atoms with van der Waals surface area (Å²) in [6.07, 6.45) is 3.06. The predicted molar refractivity (Wildman–Crippen MR) is 126 cm³/mol. The lowest BCUT2D eigenvalue weighted by Crippen LogP contribution is -2.20. The molecule has 3 rings (SSSR count). The Morgan fingerprint density at radius 3 is 2.51 bits per heavy atom. The molecule has 35 heavy (non-hydrogen) atoms. The van der Waals surface area contributed by atoms with E-state index in [2.05, 4.69) is 15.2 Å². The number of nitrogens with zero attached hydrogens (tertiary/aromatic N) is 2. The standard InChI is InChI=1S/C24H23N3O8/c1-4-33-21-13-16(6-12-20-23(27(30)31)15(2)26-35-20)5-11-19(21)34-14-22(28)25-18-9-7-17(8-10-18)24(29)32-3/h5-13H,4,14H2,1-3H3,(H,25,28)/b12-6+. The topological polar surface area (TPSA) is 143 Å². The predicted octanol–water partition coefficient (Wildman–Crippen LogP) is 4.26. The number of benzene rings is 2. The molecule has 0 aliphatic carbocycles. The van der Waals surface area contributed by atoms with Gasteiger partial charge in [-0.25, -0.2) is 4.79 Å². The van der Waals surface area contributed by atoms with Gasteiger partial charge in [0, 0.05) is 5.69 Å². The van der Waals surface area contributed by atoms with Gasteiger partial charge in [0.1, 0.15) is 0 Å². The molecule has 1 amide bonds. The van der Waals surface area contributed by atoms with Gasteiger partial charge < -0.3 is 24.1 Å². The minimum Gasteiger partial charge on any atom is -0.490 e. The van der Waals surface area contributed by atoms with E-state index < -0.39 is 16.8 Å². The molecule has 0 saturated heterocycles. The number of rotatable bonds is 10. The van der Waals surface area contributed by atoms with Crippen LogP contribution in [-0.4, -0.2) is 42.3 Å². The van der Waals surface area contributed by atoms with Crippen LogP contribution in [-0.2, 0) is 9.53 Å². The number of nitrogens with one attached hydrogen (secondary N) is 1. The number of nitro groups is 1. The van der Waals surface area contributed by atoms with Crippen LogP contribution < -0.4 is 14.8 Å². The van der Waals surface area contributed by atoms with Gasteiger partial charge in [-0.1, -0.05) is 17.3 Å². The summed E-state index contributed by atoms with van der Waals surface area (Å²) in [7, 11) is 1.29. The van der Waals surface area contributed by atoms with Crippen molar-refractivity contribution in [3.63, 3.8) is 0 Å². The number of carbonyl (C=O) groups excluding carboxylic acids is 2. The van der Waals surface area contributed by atoms with E-state index in [4.69, 9.17) is 14.0 Å². The van der Waals surface area contributed by atoms with E-state index >= 15 is 0 Å². The first kappa shape index (κ1) is 25.0. The molecule has 0 unspecified atom stereocenters. The van der Waals surface area contributed by atoms with Gasteiger partial charge in [-0.2, -0.15) is 0 Å². The Labute approximate surface area is 200 Å². The van der Waals surface area contributed by atoms with E-state index in [9.17, 15) is 19.7 Å². The number of hydrogen-bond donors (Lipinski definition) is 1.